The van der Waals surface area contributed by atoms with E-state index in [9.17, 15) is 4.79 Å². The molecule has 29 heavy (non-hydrogen) atoms. The molecule has 5 rings (SSSR count). The van der Waals surface area contributed by atoms with E-state index in [2.05, 4.69) is 5.38 Å². The number of carbonyl (C=O) groups excluding carboxylic acids is 1. The summed E-state index contributed by atoms with van der Waals surface area (Å²) in [5.41, 5.74) is 4.26. The highest BCUT2D eigenvalue weighted by molar-refractivity contribution is 7.08. The van der Waals surface area contributed by atoms with Gasteiger partial charge in [0.1, 0.15) is 5.69 Å². The lowest BCUT2D eigenvalue weighted by molar-refractivity contribution is 0.104. The minimum absolute atomic E-state index is 0.105. The third-order valence-corrected chi connectivity index (χ3v) is 5.31. The van der Waals surface area contributed by atoms with Crippen LogP contribution in [0.1, 0.15) is 15.9 Å². The molecule has 142 valence electrons. The lowest BCUT2D eigenvalue weighted by Gasteiger charge is -1.99. The van der Waals surface area contributed by atoms with Crippen molar-refractivity contribution in [2.24, 2.45) is 0 Å². The summed E-state index contributed by atoms with van der Waals surface area (Å²) in [7, 11) is 0. The van der Waals surface area contributed by atoms with Crippen molar-refractivity contribution < 1.29 is 14.3 Å². The van der Waals surface area contributed by atoms with Crippen molar-refractivity contribution in [2.75, 3.05) is 6.79 Å². The van der Waals surface area contributed by atoms with Crippen LogP contribution in [0.4, 0.5) is 0 Å². The molecule has 6 heteroatoms. The van der Waals surface area contributed by atoms with Crippen LogP contribution < -0.4 is 9.47 Å². The highest BCUT2D eigenvalue weighted by atomic mass is 32.1. The van der Waals surface area contributed by atoms with E-state index in [-0.39, 0.29) is 12.6 Å². The van der Waals surface area contributed by atoms with Crippen molar-refractivity contribution in [3.63, 3.8) is 0 Å². The van der Waals surface area contributed by atoms with Crippen LogP contribution in [0.15, 0.2) is 77.6 Å². The maximum atomic E-state index is 12.7. The fourth-order valence-electron chi connectivity index (χ4n) is 3.16. The van der Waals surface area contributed by atoms with Gasteiger partial charge in [0.25, 0.3) is 0 Å². The molecule has 4 aromatic rings. The Labute approximate surface area is 171 Å². The predicted octanol–water partition coefficient (Wildman–Crippen LogP) is 5.23. The molecule has 1 aliphatic heterocycles. The smallest absolute Gasteiger partial charge is 0.231 e. The first kappa shape index (κ1) is 17.5. The first-order valence-electron chi connectivity index (χ1n) is 9.08. The van der Waals surface area contributed by atoms with Gasteiger partial charge < -0.3 is 9.47 Å². The monoisotopic (exact) mass is 400 g/mol. The van der Waals surface area contributed by atoms with Gasteiger partial charge in [-0.2, -0.15) is 16.4 Å². The van der Waals surface area contributed by atoms with Crippen LogP contribution in [-0.2, 0) is 0 Å². The number of para-hydroxylation sites is 1. The molecule has 0 bridgehead atoms. The highest BCUT2D eigenvalue weighted by Gasteiger charge is 2.16. The van der Waals surface area contributed by atoms with Gasteiger partial charge in [-0.05, 0) is 53.9 Å². The summed E-state index contributed by atoms with van der Waals surface area (Å²) in [4.78, 5) is 12.7. The molecule has 3 heterocycles. The Kier molecular flexibility index (Phi) is 4.46. The highest BCUT2D eigenvalue weighted by Crippen LogP contribution is 2.33. The van der Waals surface area contributed by atoms with Crippen LogP contribution >= 0.6 is 11.3 Å². The molecule has 2 aromatic carbocycles. The summed E-state index contributed by atoms with van der Waals surface area (Å²) in [6.07, 6.45) is 5.32. The van der Waals surface area contributed by atoms with E-state index < -0.39 is 0 Å². The molecular weight excluding hydrogens is 384 g/mol. The Balaban J connectivity index is 1.48. The number of hydrogen-bond donors (Lipinski definition) is 0. The number of ether oxygens (including phenoxy) is 2. The Bertz CT molecular complexity index is 1190. The molecule has 0 atom stereocenters. The fraction of sp³-hybridized carbons (Fsp3) is 0.0435. The second-order valence-corrected chi connectivity index (χ2v) is 7.27. The Morgan fingerprint density at radius 1 is 1.07 bits per heavy atom. The van der Waals surface area contributed by atoms with Gasteiger partial charge >= 0.3 is 0 Å². The van der Waals surface area contributed by atoms with Crippen molar-refractivity contribution in [2.45, 2.75) is 0 Å². The van der Waals surface area contributed by atoms with E-state index in [1.54, 1.807) is 35.6 Å². The SMILES string of the molecule is O=C(/C=C/c1cn(-c2ccccc2)nc1-c1ccsc1)c1ccc2c(c1)OCO2. The summed E-state index contributed by atoms with van der Waals surface area (Å²) in [5.74, 6) is 1.15. The molecule has 0 fully saturated rings. The van der Waals surface area contributed by atoms with E-state index in [1.165, 1.54) is 0 Å². The second-order valence-electron chi connectivity index (χ2n) is 6.49. The van der Waals surface area contributed by atoms with Crippen LogP contribution in [0, 0.1) is 0 Å². The van der Waals surface area contributed by atoms with Gasteiger partial charge in [0, 0.05) is 28.3 Å². The van der Waals surface area contributed by atoms with Crippen LogP contribution in [0.25, 0.3) is 23.0 Å². The summed E-state index contributed by atoms with van der Waals surface area (Å²) < 4.78 is 12.5. The Hall–Kier alpha value is -3.64. The van der Waals surface area contributed by atoms with Crippen LogP contribution in [0.3, 0.4) is 0 Å². The maximum absolute atomic E-state index is 12.7. The third-order valence-electron chi connectivity index (χ3n) is 4.63. The van der Waals surface area contributed by atoms with Gasteiger partial charge in [0.2, 0.25) is 6.79 Å². The molecule has 0 N–H and O–H groups in total. The van der Waals surface area contributed by atoms with Gasteiger partial charge in [0.15, 0.2) is 17.3 Å². The number of allylic oxidation sites excluding steroid dienone is 1. The summed E-state index contributed by atoms with van der Waals surface area (Å²) in [6, 6.07) is 17.1. The normalized spacial score (nSPS) is 12.6. The molecule has 1 aliphatic rings. The molecule has 0 radical (unpaired) electrons. The zero-order chi connectivity index (χ0) is 19.6. The first-order chi connectivity index (χ1) is 14.3. The number of benzene rings is 2. The zero-order valence-corrected chi connectivity index (χ0v) is 16.1. The van der Waals surface area contributed by atoms with Gasteiger partial charge in [0.05, 0.1) is 5.69 Å². The fourth-order valence-corrected chi connectivity index (χ4v) is 3.80. The zero-order valence-electron chi connectivity index (χ0n) is 15.3. The van der Waals surface area contributed by atoms with Crippen molar-refractivity contribution in [1.82, 2.24) is 9.78 Å². The molecule has 0 saturated heterocycles. The molecular formula is C23H16N2O3S. The number of thiophene rings is 1. The molecule has 0 unspecified atom stereocenters. The number of ketones is 1. The largest absolute Gasteiger partial charge is 0.454 e. The summed E-state index contributed by atoms with van der Waals surface area (Å²) >= 11 is 1.61. The summed E-state index contributed by atoms with van der Waals surface area (Å²) in [6.45, 7) is 0.186. The third kappa shape index (κ3) is 3.46. The molecule has 5 nitrogen and oxygen atoms in total. The van der Waals surface area contributed by atoms with Crippen molar-refractivity contribution in [3.8, 4) is 28.4 Å². The van der Waals surface area contributed by atoms with Crippen LogP contribution in [0.5, 0.6) is 11.5 Å². The van der Waals surface area contributed by atoms with E-state index in [4.69, 9.17) is 14.6 Å². The van der Waals surface area contributed by atoms with E-state index in [0.717, 1.165) is 22.5 Å². The Morgan fingerprint density at radius 2 is 1.93 bits per heavy atom. The van der Waals surface area contributed by atoms with Crippen molar-refractivity contribution >= 4 is 23.2 Å². The number of hydrogen-bond acceptors (Lipinski definition) is 5. The minimum Gasteiger partial charge on any atom is -0.454 e. The molecule has 0 aliphatic carbocycles. The van der Waals surface area contributed by atoms with Crippen molar-refractivity contribution in [3.05, 3.63) is 88.8 Å². The van der Waals surface area contributed by atoms with Crippen LogP contribution in [-0.4, -0.2) is 22.4 Å². The topological polar surface area (TPSA) is 53.4 Å². The van der Waals surface area contributed by atoms with Gasteiger partial charge in [-0.3, -0.25) is 4.79 Å². The van der Waals surface area contributed by atoms with E-state index >= 15 is 0 Å². The van der Waals surface area contributed by atoms with Crippen molar-refractivity contribution in [1.29, 1.82) is 0 Å². The number of fused-ring (bicyclic) bond motifs is 1. The van der Waals surface area contributed by atoms with E-state index in [0.29, 0.717) is 17.1 Å². The molecule has 0 spiro atoms. The van der Waals surface area contributed by atoms with Gasteiger partial charge in [-0.1, -0.05) is 18.2 Å². The molecule has 2 aromatic heterocycles. The lowest BCUT2D eigenvalue weighted by Crippen LogP contribution is -1.94. The Morgan fingerprint density at radius 3 is 2.76 bits per heavy atom. The maximum Gasteiger partial charge on any atom is 0.231 e. The van der Waals surface area contributed by atoms with Gasteiger partial charge in [-0.15, -0.1) is 0 Å². The summed E-state index contributed by atoms with van der Waals surface area (Å²) in [5, 5.41) is 8.81. The minimum atomic E-state index is -0.105. The number of carbonyl (C=O) groups is 1. The first-order valence-corrected chi connectivity index (χ1v) is 10.0. The second kappa shape index (κ2) is 7.41. The van der Waals surface area contributed by atoms with E-state index in [1.807, 2.05) is 58.7 Å². The molecule has 0 saturated carbocycles. The average Bonchev–Trinajstić information content (AvgIpc) is 3.52. The number of nitrogens with zero attached hydrogens (tertiary/aromatic N) is 2. The van der Waals surface area contributed by atoms with Gasteiger partial charge in [-0.25, -0.2) is 4.68 Å². The quantitative estimate of drug-likeness (QED) is 0.340. The number of aromatic nitrogens is 2. The number of rotatable bonds is 5. The van der Waals surface area contributed by atoms with Crippen LogP contribution in [0.2, 0.25) is 0 Å². The standard InChI is InChI=1S/C23H16N2O3S/c26-20(16-7-9-21-22(12-16)28-15-27-21)8-6-17-13-25(19-4-2-1-3-5-19)24-23(17)18-10-11-29-14-18/h1-14H,15H2/b8-6+. The average molecular weight is 400 g/mol. The lowest BCUT2D eigenvalue weighted by atomic mass is 10.1. The molecule has 0 amide bonds. The predicted molar refractivity (Wildman–Crippen MR) is 113 cm³/mol.